The molecule has 28 heavy (non-hydrogen) atoms. The predicted octanol–water partition coefficient (Wildman–Crippen LogP) is 3.77. The molecule has 0 aliphatic heterocycles. The SMILES string of the molecule is CC[C@@H](C(=O)Nc1ccc(OC(F)(F)F)cc1)N(c1ccccc1)S(C)(=O)=O. The van der Waals surface area contributed by atoms with Gasteiger partial charge in [-0.2, -0.15) is 0 Å². The zero-order valence-electron chi connectivity index (χ0n) is 15.1. The van der Waals surface area contributed by atoms with Gasteiger partial charge in [0.15, 0.2) is 0 Å². The second kappa shape index (κ2) is 8.51. The minimum atomic E-state index is -4.82. The van der Waals surface area contributed by atoms with Crippen molar-refractivity contribution in [3.63, 3.8) is 0 Å². The Morgan fingerprint density at radius 2 is 1.68 bits per heavy atom. The molecule has 6 nitrogen and oxygen atoms in total. The zero-order valence-corrected chi connectivity index (χ0v) is 15.9. The van der Waals surface area contributed by atoms with Crippen LogP contribution in [0.4, 0.5) is 24.5 Å². The Labute approximate surface area is 161 Å². The van der Waals surface area contributed by atoms with E-state index in [-0.39, 0.29) is 12.1 Å². The maximum atomic E-state index is 12.7. The van der Waals surface area contributed by atoms with Crippen LogP contribution in [0.25, 0.3) is 0 Å². The zero-order chi connectivity index (χ0) is 20.9. The standard InChI is InChI=1S/C18H19F3N2O4S/c1-3-16(23(28(2,25)26)14-7-5-4-6-8-14)17(24)22-13-9-11-15(12-10-13)27-18(19,20)21/h4-12,16H,3H2,1-2H3,(H,22,24)/t16-/m0/s1. The van der Waals surface area contributed by atoms with Crippen molar-refractivity contribution in [1.82, 2.24) is 0 Å². The van der Waals surface area contributed by atoms with Gasteiger partial charge in [0.05, 0.1) is 11.9 Å². The molecule has 0 aromatic heterocycles. The number of nitrogens with one attached hydrogen (secondary N) is 1. The average molecular weight is 416 g/mol. The van der Waals surface area contributed by atoms with Gasteiger partial charge >= 0.3 is 6.36 Å². The average Bonchev–Trinajstić information content (AvgIpc) is 2.59. The Morgan fingerprint density at radius 1 is 1.11 bits per heavy atom. The fraction of sp³-hybridized carbons (Fsp3) is 0.278. The van der Waals surface area contributed by atoms with Gasteiger partial charge < -0.3 is 10.1 Å². The molecule has 0 unspecified atom stereocenters. The van der Waals surface area contributed by atoms with Gasteiger partial charge in [-0.3, -0.25) is 9.10 Å². The lowest BCUT2D eigenvalue weighted by molar-refractivity contribution is -0.274. The highest BCUT2D eigenvalue weighted by atomic mass is 32.2. The molecule has 0 saturated heterocycles. The molecule has 1 atom stereocenters. The Kier molecular flexibility index (Phi) is 6.55. The summed E-state index contributed by atoms with van der Waals surface area (Å²) in [4.78, 5) is 12.7. The minimum absolute atomic E-state index is 0.184. The molecular formula is C18H19F3N2O4S. The van der Waals surface area contributed by atoms with E-state index in [0.717, 1.165) is 22.7 Å². The second-order valence-corrected chi connectivity index (χ2v) is 7.74. The first-order valence-corrected chi connectivity index (χ1v) is 10.1. The van der Waals surface area contributed by atoms with E-state index in [1.165, 1.54) is 12.1 Å². The molecule has 0 spiro atoms. The summed E-state index contributed by atoms with van der Waals surface area (Å²) in [5.41, 5.74) is 0.542. The molecule has 2 aromatic rings. The fourth-order valence-electron chi connectivity index (χ4n) is 2.60. The lowest BCUT2D eigenvalue weighted by atomic mass is 10.2. The number of rotatable bonds is 7. The second-order valence-electron chi connectivity index (χ2n) is 5.88. The highest BCUT2D eigenvalue weighted by molar-refractivity contribution is 7.92. The Balaban J connectivity index is 2.22. The van der Waals surface area contributed by atoms with Crippen molar-refractivity contribution < 1.29 is 31.1 Å². The quantitative estimate of drug-likeness (QED) is 0.746. The molecule has 0 bridgehead atoms. The molecule has 0 radical (unpaired) electrons. The minimum Gasteiger partial charge on any atom is -0.406 e. The summed E-state index contributed by atoms with van der Waals surface area (Å²) in [6.45, 7) is 1.66. The van der Waals surface area contributed by atoms with Crippen LogP contribution in [-0.4, -0.2) is 33.0 Å². The van der Waals surface area contributed by atoms with Gasteiger partial charge in [-0.15, -0.1) is 13.2 Å². The molecule has 0 aliphatic rings. The van der Waals surface area contributed by atoms with Gasteiger partial charge in [0.1, 0.15) is 11.8 Å². The van der Waals surface area contributed by atoms with Gasteiger partial charge in [0.2, 0.25) is 15.9 Å². The maximum absolute atomic E-state index is 12.7. The Morgan fingerprint density at radius 3 is 2.14 bits per heavy atom. The van der Waals surface area contributed by atoms with Crippen molar-refractivity contribution in [2.75, 3.05) is 15.9 Å². The van der Waals surface area contributed by atoms with E-state index in [4.69, 9.17) is 0 Å². The molecule has 2 aromatic carbocycles. The number of para-hydroxylation sites is 1. The summed E-state index contributed by atoms with van der Waals surface area (Å²) in [5.74, 6) is -1.04. The topological polar surface area (TPSA) is 75.7 Å². The van der Waals surface area contributed by atoms with Gasteiger partial charge in [-0.05, 0) is 42.8 Å². The van der Waals surface area contributed by atoms with Crippen LogP contribution >= 0.6 is 0 Å². The number of amides is 1. The Hall–Kier alpha value is -2.75. The summed E-state index contributed by atoms with van der Waals surface area (Å²) in [6.07, 6.45) is -3.63. The fourth-order valence-corrected chi connectivity index (χ4v) is 3.81. The molecule has 0 aliphatic carbocycles. The molecule has 152 valence electrons. The number of benzene rings is 2. The van der Waals surface area contributed by atoms with E-state index in [9.17, 15) is 26.4 Å². The molecule has 0 fully saturated rings. The van der Waals surface area contributed by atoms with Crippen LogP contribution in [0.5, 0.6) is 5.75 Å². The molecule has 1 amide bonds. The third-order valence-corrected chi connectivity index (χ3v) is 4.88. The number of hydrogen-bond donors (Lipinski definition) is 1. The number of nitrogens with zero attached hydrogens (tertiary/aromatic N) is 1. The number of halogens is 3. The number of carbonyl (C=O) groups is 1. The van der Waals surface area contributed by atoms with E-state index >= 15 is 0 Å². The van der Waals surface area contributed by atoms with Crippen molar-refractivity contribution in [3.05, 3.63) is 54.6 Å². The highest BCUT2D eigenvalue weighted by Crippen LogP contribution is 2.25. The van der Waals surface area contributed by atoms with Crippen molar-refractivity contribution in [3.8, 4) is 5.75 Å². The number of anilines is 2. The summed E-state index contributed by atoms with van der Waals surface area (Å²) in [7, 11) is -3.77. The highest BCUT2D eigenvalue weighted by Gasteiger charge is 2.32. The monoisotopic (exact) mass is 416 g/mol. The van der Waals surface area contributed by atoms with Crippen molar-refractivity contribution in [2.45, 2.75) is 25.7 Å². The summed E-state index contributed by atoms with van der Waals surface area (Å²) < 4.78 is 66.0. The van der Waals surface area contributed by atoms with Crippen molar-refractivity contribution in [2.24, 2.45) is 0 Å². The third-order valence-electron chi connectivity index (χ3n) is 3.70. The van der Waals surface area contributed by atoms with Crippen LogP contribution in [-0.2, 0) is 14.8 Å². The molecule has 10 heteroatoms. The van der Waals surface area contributed by atoms with Crippen LogP contribution in [0.2, 0.25) is 0 Å². The molecular weight excluding hydrogens is 397 g/mol. The largest absolute Gasteiger partial charge is 0.573 e. The summed E-state index contributed by atoms with van der Waals surface area (Å²) in [5, 5.41) is 2.52. The van der Waals surface area contributed by atoms with Gasteiger partial charge in [-0.25, -0.2) is 8.42 Å². The van der Waals surface area contributed by atoms with E-state index in [1.54, 1.807) is 37.3 Å². The lowest BCUT2D eigenvalue weighted by Gasteiger charge is -2.30. The van der Waals surface area contributed by atoms with Crippen LogP contribution < -0.4 is 14.4 Å². The van der Waals surface area contributed by atoms with Crippen LogP contribution in [0.1, 0.15) is 13.3 Å². The lowest BCUT2D eigenvalue weighted by Crippen LogP contribution is -2.46. The number of sulfonamides is 1. The van der Waals surface area contributed by atoms with E-state index in [0.29, 0.717) is 5.69 Å². The van der Waals surface area contributed by atoms with Gasteiger partial charge in [0.25, 0.3) is 0 Å². The number of hydrogen-bond acceptors (Lipinski definition) is 4. The normalized spacial score (nSPS) is 12.9. The first kappa shape index (κ1) is 21.5. The van der Waals surface area contributed by atoms with Gasteiger partial charge in [0, 0.05) is 5.69 Å². The summed E-state index contributed by atoms with van der Waals surface area (Å²) in [6, 6.07) is 11.7. The smallest absolute Gasteiger partial charge is 0.406 e. The van der Waals surface area contributed by atoms with Crippen LogP contribution in [0.3, 0.4) is 0 Å². The third kappa shape index (κ3) is 5.88. The molecule has 0 saturated carbocycles. The summed E-state index contributed by atoms with van der Waals surface area (Å²) >= 11 is 0. The van der Waals surface area contributed by atoms with E-state index < -0.39 is 34.1 Å². The van der Waals surface area contributed by atoms with Crippen LogP contribution in [0.15, 0.2) is 54.6 Å². The molecule has 0 heterocycles. The number of alkyl halides is 3. The predicted molar refractivity (Wildman–Crippen MR) is 99.6 cm³/mol. The van der Waals surface area contributed by atoms with Crippen molar-refractivity contribution >= 4 is 27.3 Å². The first-order chi connectivity index (χ1) is 13.0. The van der Waals surface area contributed by atoms with Crippen LogP contribution in [0, 0.1) is 0 Å². The first-order valence-electron chi connectivity index (χ1n) is 8.22. The van der Waals surface area contributed by atoms with E-state index in [2.05, 4.69) is 10.1 Å². The maximum Gasteiger partial charge on any atom is 0.573 e. The number of carbonyl (C=O) groups excluding carboxylic acids is 1. The van der Waals surface area contributed by atoms with Gasteiger partial charge in [-0.1, -0.05) is 25.1 Å². The van der Waals surface area contributed by atoms with Crippen molar-refractivity contribution in [1.29, 1.82) is 0 Å². The number of ether oxygens (including phenoxy) is 1. The molecule has 2 rings (SSSR count). The molecule has 1 N–H and O–H groups in total. The Bertz CT molecular complexity index is 901. The van der Waals surface area contributed by atoms with E-state index in [1.807, 2.05) is 0 Å².